The minimum atomic E-state index is 0.685. The molecule has 0 heterocycles. The lowest BCUT2D eigenvalue weighted by molar-refractivity contribution is 0.376. The van der Waals surface area contributed by atoms with Crippen molar-refractivity contribution < 1.29 is 0 Å². The van der Waals surface area contributed by atoms with Crippen LogP contribution in [-0.4, -0.2) is 0 Å². The van der Waals surface area contributed by atoms with Crippen molar-refractivity contribution in [3.8, 4) is 11.8 Å². The summed E-state index contributed by atoms with van der Waals surface area (Å²) in [4.78, 5) is 0. The quantitative estimate of drug-likeness (QED) is 0.467. The molecular formula is C25H27Br. The van der Waals surface area contributed by atoms with Gasteiger partial charge in [-0.25, -0.2) is 0 Å². The second-order valence-corrected chi connectivity index (χ2v) is 8.15. The number of hydrogen-bond acceptors (Lipinski definition) is 0. The van der Waals surface area contributed by atoms with Crippen LogP contribution in [0.4, 0.5) is 0 Å². The largest absolute Gasteiger partial charge is 0.0730 e. The molecule has 3 rings (SSSR count). The zero-order chi connectivity index (χ0) is 18.2. The van der Waals surface area contributed by atoms with Gasteiger partial charge in [0, 0.05) is 10.0 Å². The van der Waals surface area contributed by atoms with E-state index < -0.39 is 0 Å². The summed E-state index contributed by atoms with van der Waals surface area (Å²) in [6.45, 7) is 2.24. The van der Waals surface area contributed by atoms with Crippen molar-refractivity contribution in [3.63, 3.8) is 0 Å². The number of allylic oxidation sites excluding steroid dienone is 2. The van der Waals surface area contributed by atoms with Gasteiger partial charge in [0.25, 0.3) is 0 Å². The first-order chi connectivity index (χ1) is 12.7. The van der Waals surface area contributed by atoms with E-state index in [-0.39, 0.29) is 0 Å². The zero-order valence-corrected chi connectivity index (χ0v) is 17.1. The van der Waals surface area contributed by atoms with E-state index in [1.54, 1.807) is 0 Å². The molecule has 0 N–H and O–H groups in total. The molecule has 0 amide bonds. The van der Waals surface area contributed by atoms with E-state index in [2.05, 4.69) is 65.0 Å². The molecule has 1 fully saturated rings. The molecule has 0 atom stereocenters. The van der Waals surface area contributed by atoms with Gasteiger partial charge in [-0.1, -0.05) is 71.5 Å². The molecule has 0 aromatic heterocycles. The molecule has 1 heteroatoms. The van der Waals surface area contributed by atoms with Crippen molar-refractivity contribution in [1.82, 2.24) is 0 Å². The summed E-state index contributed by atoms with van der Waals surface area (Å²) in [5.74, 6) is 7.81. The summed E-state index contributed by atoms with van der Waals surface area (Å²) in [7, 11) is 0. The highest BCUT2D eigenvalue weighted by Gasteiger charge is 2.20. The van der Waals surface area contributed by atoms with E-state index in [9.17, 15) is 0 Å². The molecule has 1 saturated carbocycles. The Morgan fingerprint density at radius 2 is 1.65 bits per heavy atom. The summed E-state index contributed by atoms with van der Waals surface area (Å²) >= 11 is 3.45. The monoisotopic (exact) mass is 406 g/mol. The molecule has 0 saturated heterocycles. The molecule has 0 aliphatic heterocycles. The van der Waals surface area contributed by atoms with Crippen LogP contribution in [0.2, 0.25) is 0 Å². The maximum atomic E-state index is 3.45. The van der Waals surface area contributed by atoms with Gasteiger partial charge in [0.15, 0.2) is 0 Å². The number of rotatable bonds is 4. The molecule has 0 nitrogen and oxygen atoms in total. The van der Waals surface area contributed by atoms with E-state index in [0.29, 0.717) is 5.92 Å². The lowest BCUT2D eigenvalue weighted by atomic mass is 9.78. The Bertz CT molecular complexity index is 764. The lowest BCUT2D eigenvalue weighted by Crippen LogP contribution is -2.11. The van der Waals surface area contributed by atoms with Gasteiger partial charge in [-0.15, -0.1) is 0 Å². The van der Waals surface area contributed by atoms with Crippen molar-refractivity contribution in [2.45, 2.75) is 51.4 Å². The van der Waals surface area contributed by atoms with E-state index >= 15 is 0 Å². The summed E-state index contributed by atoms with van der Waals surface area (Å²) in [5.41, 5.74) is 4.06. The Morgan fingerprint density at radius 1 is 0.962 bits per heavy atom. The molecule has 0 unspecified atom stereocenters. The first-order valence-corrected chi connectivity index (χ1v) is 10.6. The van der Waals surface area contributed by atoms with Gasteiger partial charge < -0.3 is 0 Å². The van der Waals surface area contributed by atoms with Gasteiger partial charge in [0.1, 0.15) is 0 Å². The van der Waals surface area contributed by atoms with Crippen LogP contribution in [0.5, 0.6) is 0 Å². The van der Waals surface area contributed by atoms with Crippen LogP contribution < -0.4 is 0 Å². The van der Waals surface area contributed by atoms with Crippen LogP contribution in [0.15, 0.2) is 65.2 Å². The Labute approximate surface area is 166 Å². The fraction of sp³-hybridized carbons (Fsp3) is 0.360. The van der Waals surface area contributed by atoms with E-state index in [0.717, 1.165) is 16.0 Å². The molecular weight excluding hydrogens is 380 g/mol. The highest BCUT2D eigenvalue weighted by Crippen LogP contribution is 2.36. The molecule has 1 aliphatic carbocycles. The van der Waals surface area contributed by atoms with Gasteiger partial charge in [-0.3, -0.25) is 0 Å². The van der Waals surface area contributed by atoms with Crippen LogP contribution in [0, 0.1) is 17.8 Å². The van der Waals surface area contributed by atoms with Crippen molar-refractivity contribution in [1.29, 1.82) is 0 Å². The second kappa shape index (κ2) is 9.79. The topological polar surface area (TPSA) is 0 Å². The van der Waals surface area contributed by atoms with Crippen molar-refractivity contribution >= 4 is 15.9 Å². The van der Waals surface area contributed by atoms with E-state index in [1.165, 1.54) is 49.7 Å². The second-order valence-electron chi connectivity index (χ2n) is 7.24. The fourth-order valence-electron chi connectivity index (χ4n) is 3.73. The normalized spacial score (nSPS) is 19.9. The molecule has 0 radical (unpaired) electrons. The minimum Gasteiger partial charge on any atom is -0.0730 e. The lowest BCUT2D eigenvalue weighted by Gasteiger charge is -2.27. The fourth-order valence-corrected chi connectivity index (χ4v) is 4.00. The van der Waals surface area contributed by atoms with Crippen LogP contribution in [0.25, 0.3) is 0 Å². The third kappa shape index (κ3) is 5.61. The van der Waals surface area contributed by atoms with Gasteiger partial charge in [-0.05, 0) is 85.4 Å². The summed E-state index contributed by atoms with van der Waals surface area (Å²) in [6, 6.07) is 17.5. The molecule has 1 aliphatic rings. The SMILES string of the molecule is CCCc1ccc([C@H]2CC[C@H](C=CC#Cc3ccc(Br)cc3)CC2)cc1. The van der Waals surface area contributed by atoms with Gasteiger partial charge >= 0.3 is 0 Å². The van der Waals surface area contributed by atoms with Gasteiger partial charge in [0.05, 0.1) is 0 Å². The highest BCUT2D eigenvalue weighted by atomic mass is 79.9. The first-order valence-electron chi connectivity index (χ1n) is 9.77. The summed E-state index contributed by atoms with van der Waals surface area (Å²) < 4.78 is 1.09. The van der Waals surface area contributed by atoms with Crippen molar-refractivity contribution in [2.75, 3.05) is 0 Å². The van der Waals surface area contributed by atoms with Crippen LogP contribution in [0.1, 0.15) is 61.6 Å². The minimum absolute atomic E-state index is 0.685. The molecule has 2 aromatic carbocycles. The Balaban J connectivity index is 1.48. The molecule has 134 valence electrons. The summed E-state index contributed by atoms with van der Waals surface area (Å²) in [6.07, 6.45) is 11.9. The predicted octanol–water partition coefficient (Wildman–Crippen LogP) is 7.28. The number of hydrogen-bond donors (Lipinski definition) is 0. The average Bonchev–Trinajstić information content (AvgIpc) is 2.68. The van der Waals surface area contributed by atoms with Gasteiger partial charge in [-0.2, -0.15) is 0 Å². The molecule has 2 aromatic rings. The molecule has 26 heavy (non-hydrogen) atoms. The number of benzene rings is 2. The van der Waals surface area contributed by atoms with Gasteiger partial charge in [0.2, 0.25) is 0 Å². The molecule has 0 bridgehead atoms. The number of halogens is 1. The third-order valence-electron chi connectivity index (χ3n) is 5.27. The van der Waals surface area contributed by atoms with E-state index in [4.69, 9.17) is 0 Å². The van der Waals surface area contributed by atoms with E-state index in [1.807, 2.05) is 30.3 Å². The maximum absolute atomic E-state index is 3.45. The standard InChI is InChI=1S/C25H27Br/c1-2-5-20-8-14-23(15-9-20)24-16-10-21(11-17-24)6-3-4-7-22-12-18-25(26)19-13-22/h3,6,8-9,12-15,18-19,21,24H,2,5,10-11,16-17H2,1H3/t21-,24-. The van der Waals surface area contributed by atoms with Crippen LogP contribution >= 0.6 is 15.9 Å². The number of aryl methyl sites for hydroxylation is 1. The van der Waals surface area contributed by atoms with Crippen molar-refractivity contribution in [2.24, 2.45) is 5.92 Å². The first kappa shape index (κ1) is 19.0. The maximum Gasteiger partial charge on any atom is 0.0249 e. The highest BCUT2D eigenvalue weighted by molar-refractivity contribution is 9.10. The Morgan fingerprint density at radius 3 is 2.31 bits per heavy atom. The predicted molar refractivity (Wildman–Crippen MR) is 115 cm³/mol. The Kier molecular flexibility index (Phi) is 7.15. The summed E-state index contributed by atoms with van der Waals surface area (Å²) in [5, 5.41) is 0. The van der Waals surface area contributed by atoms with Crippen LogP contribution in [0.3, 0.4) is 0 Å². The average molecular weight is 407 g/mol. The molecule has 0 spiro atoms. The third-order valence-corrected chi connectivity index (χ3v) is 5.80. The Hall–Kier alpha value is -1.78. The van der Waals surface area contributed by atoms with Crippen LogP contribution in [-0.2, 0) is 6.42 Å². The van der Waals surface area contributed by atoms with Crippen molar-refractivity contribution in [3.05, 3.63) is 81.8 Å². The zero-order valence-electron chi connectivity index (χ0n) is 15.5. The smallest absolute Gasteiger partial charge is 0.0249 e.